The Labute approximate surface area is 155 Å². The maximum absolute atomic E-state index is 12.9. The molecule has 0 saturated heterocycles. The monoisotopic (exact) mass is 375 g/mol. The van der Waals surface area contributed by atoms with Crippen LogP contribution in [0.4, 0.5) is 9.18 Å². The fourth-order valence-electron chi connectivity index (χ4n) is 1.99. The van der Waals surface area contributed by atoms with Gasteiger partial charge in [-0.2, -0.15) is 0 Å². The first kappa shape index (κ1) is 19.9. The Morgan fingerprint density at radius 1 is 1.04 bits per heavy atom. The highest BCUT2D eigenvalue weighted by Gasteiger charge is 2.13. The van der Waals surface area contributed by atoms with Crippen molar-refractivity contribution in [2.24, 2.45) is 0 Å². The number of amides is 2. The van der Waals surface area contributed by atoms with Gasteiger partial charge < -0.3 is 14.2 Å². The van der Waals surface area contributed by atoms with E-state index >= 15 is 0 Å². The predicted octanol–water partition coefficient (Wildman–Crippen LogP) is 2.83. The average Bonchev–Trinajstić information content (AvgIpc) is 2.66. The lowest BCUT2D eigenvalue weighted by Crippen LogP contribution is -2.34. The third-order valence-corrected chi connectivity index (χ3v) is 3.24. The topological polar surface area (TPSA) is 90.9 Å². The van der Waals surface area contributed by atoms with Gasteiger partial charge in [0, 0.05) is 0 Å². The third kappa shape index (κ3) is 6.77. The lowest BCUT2D eigenvalue weighted by Gasteiger charge is -2.09. The van der Waals surface area contributed by atoms with Gasteiger partial charge in [0.2, 0.25) is 0 Å². The molecule has 8 heteroatoms. The molecule has 0 spiro atoms. The normalized spacial score (nSPS) is 10.0. The SMILES string of the molecule is CCOC(=O)NC(=O)COC(=O)c1cccc(OCc2ccc(F)cc2)c1. The molecule has 2 aromatic rings. The van der Waals surface area contributed by atoms with Crippen molar-refractivity contribution in [3.8, 4) is 5.75 Å². The second-order valence-corrected chi connectivity index (χ2v) is 5.29. The van der Waals surface area contributed by atoms with Crippen LogP contribution in [0.1, 0.15) is 22.8 Å². The Balaban J connectivity index is 1.86. The lowest BCUT2D eigenvalue weighted by atomic mass is 10.2. The summed E-state index contributed by atoms with van der Waals surface area (Å²) >= 11 is 0. The summed E-state index contributed by atoms with van der Waals surface area (Å²) in [6, 6.07) is 12.0. The summed E-state index contributed by atoms with van der Waals surface area (Å²) in [5.41, 5.74) is 0.940. The van der Waals surface area contributed by atoms with Crippen LogP contribution in [0.2, 0.25) is 0 Å². The zero-order chi connectivity index (χ0) is 19.6. The van der Waals surface area contributed by atoms with Gasteiger partial charge in [-0.1, -0.05) is 18.2 Å². The Morgan fingerprint density at radius 3 is 2.48 bits per heavy atom. The molecule has 2 rings (SSSR count). The molecule has 142 valence electrons. The largest absolute Gasteiger partial charge is 0.489 e. The van der Waals surface area contributed by atoms with Crippen molar-refractivity contribution in [1.82, 2.24) is 5.32 Å². The molecule has 0 aliphatic carbocycles. The summed E-state index contributed by atoms with van der Waals surface area (Å²) in [6.07, 6.45) is -0.908. The summed E-state index contributed by atoms with van der Waals surface area (Å²) < 4.78 is 27.8. The molecule has 0 aliphatic heterocycles. The zero-order valence-corrected chi connectivity index (χ0v) is 14.6. The molecule has 0 aliphatic rings. The number of carbonyl (C=O) groups excluding carboxylic acids is 3. The fraction of sp³-hybridized carbons (Fsp3) is 0.211. The lowest BCUT2D eigenvalue weighted by molar-refractivity contribution is -0.123. The number of hydrogen-bond donors (Lipinski definition) is 1. The number of ether oxygens (including phenoxy) is 3. The van der Waals surface area contributed by atoms with E-state index < -0.39 is 24.6 Å². The van der Waals surface area contributed by atoms with Crippen molar-refractivity contribution >= 4 is 18.0 Å². The molecule has 2 amide bonds. The van der Waals surface area contributed by atoms with Gasteiger partial charge >= 0.3 is 12.1 Å². The molecular weight excluding hydrogens is 357 g/mol. The van der Waals surface area contributed by atoms with Crippen LogP contribution in [-0.2, 0) is 20.9 Å². The van der Waals surface area contributed by atoms with Gasteiger partial charge in [0.15, 0.2) is 6.61 Å². The number of alkyl carbamates (subject to hydrolysis) is 1. The summed E-state index contributed by atoms with van der Waals surface area (Å²) in [5, 5.41) is 1.91. The molecule has 0 atom stereocenters. The van der Waals surface area contributed by atoms with Crippen LogP contribution in [0.3, 0.4) is 0 Å². The van der Waals surface area contributed by atoms with Gasteiger partial charge in [0.1, 0.15) is 18.2 Å². The van der Waals surface area contributed by atoms with Crippen LogP contribution in [0.15, 0.2) is 48.5 Å². The molecule has 0 bridgehead atoms. The van der Waals surface area contributed by atoms with E-state index in [1.54, 1.807) is 31.2 Å². The summed E-state index contributed by atoms with van der Waals surface area (Å²) in [7, 11) is 0. The van der Waals surface area contributed by atoms with Gasteiger partial charge in [-0.25, -0.2) is 14.0 Å². The molecular formula is C19H18FNO6. The molecule has 27 heavy (non-hydrogen) atoms. The van der Waals surface area contributed by atoms with Crippen LogP contribution in [-0.4, -0.2) is 31.2 Å². The summed E-state index contributed by atoms with van der Waals surface area (Å²) in [5.74, 6) is -1.48. The van der Waals surface area contributed by atoms with E-state index in [2.05, 4.69) is 4.74 Å². The van der Waals surface area contributed by atoms with Crippen molar-refractivity contribution < 1.29 is 33.0 Å². The van der Waals surface area contributed by atoms with Crippen LogP contribution in [0.5, 0.6) is 5.75 Å². The minimum atomic E-state index is -0.908. The molecule has 0 heterocycles. The van der Waals surface area contributed by atoms with Crippen molar-refractivity contribution in [1.29, 1.82) is 0 Å². The predicted molar refractivity (Wildman–Crippen MR) is 92.6 cm³/mol. The Kier molecular flexibility index (Phi) is 7.30. The molecule has 7 nitrogen and oxygen atoms in total. The number of benzene rings is 2. The minimum absolute atomic E-state index is 0.115. The minimum Gasteiger partial charge on any atom is -0.489 e. The van der Waals surface area contributed by atoms with Gasteiger partial charge in [-0.3, -0.25) is 10.1 Å². The summed E-state index contributed by atoms with van der Waals surface area (Å²) in [4.78, 5) is 34.6. The maximum atomic E-state index is 12.9. The fourth-order valence-corrected chi connectivity index (χ4v) is 1.99. The quantitative estimate of drug-likeness (QED) is 0.749. The number of imide groups is 1. The number of nitrogens with one attached hydrogen (secondary N) is 1. The van der Waals surface area contributed by atoms with Crippen molar-refractivity contribution in [3.63, 3.8) is 0 Å². The highest BCUT2D eigenvalue weighted by atomic mass is 19.1. The summed E-state index contributed by atoms with van der Waals surface area (Å²) in [6.45, 7) is 1.28. The molecule has 1 N–H and O–H groups in total. The van der Waals surface area contributed by atoms with E-state index in [0.717, 1.165) is 5.56 Å². The third-order valence-electron chi connectivity index (χ3n) is 3.24. The Bertz CT molecular complexity index is 806. The first-order chi connectivity index (χ1) is 13.0. The highest BCUT2D eigenvalue weighted by Crippen LogP contribution is 2.16. The number of hydrogen-bond acceptors (Lipinski definition) is 6. The zero-order valence-electron chi connectivity index (χ0n) is 14.6. The van der Waals surface area contributed by atoms with E-state index in [1.165, 1.54) is 24.3 Å². The van der Waals surface area contributed by atoms with Crippen molar-refractivity contribution in [3.05, 3.63) is 65.5 Å². The van der Waals surface area contributed by atoms with Crippen molar-refractivity contribution in [2.75, 3.05) is 13.2 Å². The van der Waals surface area contributed by atoms with Crippen LogP contribution >= 0.6 is 0 Å². The Morgan fingerprint density at radius 2 is 1.78 bits per heavy atom. The van der Waals surface area contributed by atoms with Crippen LogP contribution in [0.25, 0.3) is 0 Å². The van der Waals surface area contributed by atoms with E-state index in [9.17, 15) is 18.8 Å². The van der Waals surface area contributed by atoms with E-state index in [-0.39, 0.29) is 24.6 Å². The molecule has 0 aromatic heterocycles. The van der Waals surface area contributed by atoms with E-state index in [1.807, 2.05) is 5.32 Å². The van der Waals surface area contributed by atoms with Crippen LogP contribution < -0.4 is 10.1 Å². The number of rotatable bonds is 7. The highest BCUT2D eigenvalue weighted by molar-refractivity contribution is 5.95. The van der Waals surface area contributed by atoms with Gasteiger partial charge in [-0.15, -0.1) is 0 Å². The van der Waals surface area contributed by atoms with Gasteiger partial charge in [0.05, 0.1) is 12.2 Å². The maximum Gasteiger partial charge on any atom is 0.413 e. The standard InChI is InChI=1S/C19H18FNO6/c1-2-25-19(24)21-17(22)12-27-18(23)14-4-3-5-16(10-14)26-11-13-6-8-15(20)9-7-13/h3-10H,2,11-12H2,1H3,(H,21,22,24). The second kappa shape index (κ2) is 9.91. The number of halogens is 1. The molecule has 0 radical (unpaired) electrons. The number of carbonyl (C=O) groups is 3. The molecule has 0 saturated carbocycles. The molecule has 2 aromatic carbocycles. The first-order valence-corrected chi connectivity index (χ1v) is 8.09. The van der Waals surface area contributed by atoms with Gasteiger partial charge in [-0.05, 0) is 42.8 Å². The molecule has 0 fully saturated rings. The first-order valence-electron chi connectivity index (χ1n) is 8.09. The second-order valence-electron chi connectivity index (χ2n) is 5.29. The van der Waals surface area contributed by atoms with Crippen molar-refractivity contribution in [2.45, 2.75) is 13.5 Å². The van der Waals surface area contributed by atoms with E-state index in [4.69, 9.17) is 9.47 Å². The average molecular weight is 375 g/mol. The van der Waals surface area contributed by atoms with E-state index in [0.29, 0.717) is 5.75 Å². The van der Waals surface area contributed by atoms with Gasteiger partial charge in [0.25, 0.3) is 5.91 Å². The molecule has 0 unspecified atom stereocenters. The smallest absolute Gasteiger partial charge is 0.413 e. The Hall–Kier alpha value is -3.42. The van der Waals surface area contributed by atoms with Crippen LogP contribution in [0, 0.1) is 5.82 Å². The number of esters is 1.